The molecule has 1 aromatic heterocycles. The van der Waals surface area contributed by atoms with Crippen molar-refractivity contribution >= 4 is 28.0 Å². The predicted molar refractivity (Wildman–Crippen MR) is 84.3 cm³/mol. The van der Waals surface area contributed by atoms with Crippen molar-refractivity contribution in [3.05, 3.63) is 48.0 Å². The minimum absolute atomic E-state index is 0.0388. The minimum atomic E-state index is 0.0388. The molecule has 0 spiro atoms. The number of aromatic nitrogens is 2. The van der Waals surface area contributed by atoms with Crippen LogP contribution in [-0.2, 0) is 0 Å². The molecule has 106 valence electrons. The van der Waals surface area contributed by atoms with Gasteiger partial charge in [-0.2, -0.15) is 0 Å². The van der Waals surface area contributed by atoms with E-state index in [9.17, 15) is 4.79 Å². The number of carbonyl (C=O) groups is 1. The zero-order valence-corrected chi connectivity index (χ0v) is 12.2. The van der Waals surface area contributed by atoms with Crippen molar-refractivity contribution in [2.45, 2.75) is 13.8 Å². The quantitative estimate of drug-likeness (QED) is 0.691. The molecule has 3 aromatic rings. The Labute approximate surface area is 123 Å². The lowest BCUT2D eigenvalue weighted by molar-refractivity contribution is 0.0773. The number of nitrogens with zero attached hydrogens (tertiary/aromatic N) is 3. The van der Waals surface area contributed by atoms with Gasteiger partial charge >= 0.3 is 0 Å². The first-order valence-corrected chi connectivity index (χ1v) is 7.18. The van der Waals surface area contributed by atoms with Crippen LogP contribution >= 0.6 is 0 Å². The largest absolute Gasteiger partial charge is 0.339 e. The minimum Gasteiger partial charge on any atom is -0.339 e. The van der Waals surface area contributed by atoms with Crippen LogP contribution in [0.4, 0.5) is 0 Å². The van der Waals surface area contributed by atoms with Crippen molar-refractivity contribution in [1.82, 2.24) is 14.9 Å². The summed E-state index contributed by atoms with van der Waals surface area (Å²) in [6, 6.07) is 13.3. The normalized spacial score (nSPS) is 11.0. The molecule has 0 unspecified atom stereocenters. The van der Waals surface area contributed by atoms with Crippen LogP contribution in [0, 0.1) is 0 Å². The molecule has 0 radical (unpaired) electrons. The van der Waals surface area contributed by atoms with E-state index in [1.165, 1.54) is 0 Å². The van der Waals surface area contributed by atoms with E-state index in [-0.39, 0.29) is 5.91 Å². The molecule has 0 fully saturated rings. The summed E-state index contributed by atoms with van der Waals surface area (Å²) in [7, 11) is 0. The lowest BCUT2D eigenvalue weighted by Gasteiger charge is -2.18. The van der Waals surface area contributed by atoms with E-state index in [1.54, 1.807) is 4.90 Å². The molecule has 3 rings (SSSR count). The third-order valence-electron chi connectivity index (χ3n) is 3.64. The number of rotatable bonds is 3. The zero-order valence-electron chi connectivity index (χ0n) is 12.2. The molecular weight excluding hydrogens is 262 g/mol. The van der Waals surface area contributed by atoms with Crippen LogP contribution in [0.5, 0.6) is 0 Å². The Morgan fingerprint density at radius 3 is 2.10 bits per heavy atom. The second kappa shape index (κ2) is 5.48. The second-order valence-corrected chi connectivity index (χ2v) is 4.89. The summed E-state index contributed by atoms with van der Waals surface area (Å²) in [5, 5.41) is 0. The number of hydrogen-bond acceptors (Lipinski definition) is 3. The van der Waals surface area contributed by atoms with E-state index in [0.29, 0.717) is 18.7 Å². The molecule has 0 bridgehead atoms. The van der Waals surface area contributed by atoms with Crippen molar-refractivity contribution in [3.8, 4) is 0 Å². The number of amides is 1. The van der Waals surface area contributed by atoms with Crippen LogP contribution in [0.3, 0.4) is 0 Å². The van der Waals surface area contributed by atoms with Gasteiger partial charge in [0.1, 0.15) is 0 Å². The van der Waals surface area contributed by atoms with E-state index in [4.69, 9.17) is 0 Å². The van der Waals surface area contributed by atoms with Crippen LogP contribution < -0.4 is 0 Å². The summed E-state index contributed by atoms with van der Waals surface area (Å²) in [4.78, 5) is 23.4. The maximum atomic E-state index is 12.4. The summed E-state index contributed by atoms with van der Waals surface area (Å²) in [6.45, 7) is 5.37. The van der Waals surface area contributed by atoms with Crippen LogP contribution in [0.2, 0.25) is 0 Å². The van der Waals surface area contributed by atoms with Crippen LogP contribution in [-0.4, -0.2) is 33.9 Å². The first-order chi connectivity index (χ1) is 10.2. The van der Waals surface area contributed by atoms with Gasteiger partial charge in [-0.15, -0.1) is 0 Å². The lowest BCUT2D eigenvalue weighted by atomic mass is 10.1. The molecule has 0 atom stereocenters. The Morgan fingerprint density at radius 2 is 1.48 bits per heavy atom. The maximum Gasteiger partial charge on any atom is 0.253 e. The van der Waals surface area contributed by atoms with Gasteiger partial charge in [0.05, 0.1) is 22.1 Å². The van der Waals surface area contributed by atoms with E-state index in [1.807, 2.05) is 56.3 Å². The Kier molecular flexibility index (Phi) is 3.52. The standard InChI is InChI=1S/C17H17N3O/c1-3-20(4-2)17(21)12-9-10-15-16(11-12)19-14-8-6-5-7-13(14)18-15/h5-11H,3-4H2,1-2H3. The fourth-order valence-electron chi connectivity index (χ4n) is 2.45. The van der Waals surface area contributed by atoms with Crippen molar-refractivity contribution in [2.24, 2.45) is 0 Å². The van der Waals surface area contributed by atoms with Crippen LogP contribution in [0.15, 0.2) is 42.5 Å². The highest BCUT2D eigenvalue weighted by Crippen LogP contribution is 2.18. The van der Waals surface area contributed by atoms with Crippen LogP contribution in [0.25, 0.3) is 22.1 Å². The SMILES string of the molecule is CCN(CC)C(=O)c1ccc2nc3ccccc3nc2c1. The number of fused-ring (bicyclic) bond motifs is 2. The van der Waals surface area contributed by atoms with Gasteiger partial charge in [0, 0.05) is 18.7 Å². The number of benzene rings is 2. The van der Waals surface area contributed by atoms with Gasteiger partial charge in [0.15, 0.2) is 0 Å². The molecule has 4 nitrogen and oxygen atoms in total. The first kappa shape index (κ1) is 13.5. The molecule has 0 aliphatic carbocycles. The van der Waals surface area contributed by atoms with Crippen molar-refractivity contribution in [1.29, 1.82) is 0 Å². The summed E-state index contributed by atoms with van der Waals surface area (Å²) < 4.78 is 0. The Hall–Kier alpha value is -2.49. The highest BCUT2D eigenvalue weighted by Gasteiger charge is 2.13. The molecule has 0 aliphatic rings. The Morgan fingerprint density at radius 1 is 0.905 bits per heavy atom. The average Bonchev–Trinajstić information content (AvgIpc) is 2.53. The molecule has 21 heavy (non-hydrogen) atoms. The van der Waals surface area contributed by atoms with Gasteiger partial charge in [-0.05, 0) is 44.2 Å². The highest BCUT2D eigenvalue weighted by molar-refractivity contribution is 5.98. The lowest BCUT2D eigenvalue weighted by Crippen LogP contribution is -2.30. The van der Waals surface area contributed by atoms with E-state index < -0.39 is 0 Å². The summed E-state index contributed by atoms with van der Waals surface area (Å²) in [6.07, 6.45) is 0. The summed E-state index contributed by atoms with van der Waals surface area (Å²) >= 11 is 0. The van der Waals surface area contributed by atoms with Crippen molar-refractivity contribution in [3.63, 3.8) is 0 Å². The molecule has 0 saturated heterocycles. The zero-order chi connectivity index (χ0) is 14.8. The molecule has 0 N–H and O–H groups in total. The third kappa shape index (κ3) is 2.44. The van der Waals surface area contributed by atoms with E-state index in [0.717, 1.165) is 22.1 Å². The molecule has 0 saturated carbocycles. The monoisotopic (exact) mass is 279 g/mol. The molecular formula is C17H17N3O. The van der Waals surface area contributed by atoms with Gasteiger partial charge < -0.3 is 4.90 Å². The fourth-order valence-corrected chi connectivity index (χ4v) is 2.45. The van der Waals surface area contributed by atoms with Crippen molar-refractivity contribution in [2.75, 3.05) is 13.1 Å². The Balaban J connectivity index is 2.11. The Bertz CT molecular complexity index is 809. The predicted octanol–water partition coefficient (Wildman–Crippen LogP) is 3.27. The third-order valence-corrected chi connectivity index (χ3v) is 3.64. The summed E-state index contributed by atoms with van der Waals surface area (Å²) in [5.41, 5.74) is 3.94. The smallest absolute Gasteiger partial charge is 0.253 e. The number of para-hydroxylation sites is 2. The van der Waals surface area contributed by atoms with Gasteiger partial charge in [0.25, 0.3) is 5.91 Å². The number of carbonyl (C=O) groups excluding carboxylic acids is 1. The van der Waals surface area contributed by atoms with Crippen molar-refractivity contribution < 1.29 is 4.79 Å². The summed E-state index contributed by atoms with van der Waals surface area (Å²) in [5.74, 6) is 0.0388. The van der Waals surface area contributed by atoms with Gasteiger partial charge in [0.2, 0.25) is 0 Å². The molecule has 2 aromatic carbocycles. The first-order valence-electron chi connectivity index (χ1n) is 7.18. The second-order valence-electron chi connectivity index (χ2n) is 4.89. The molecule has 1 heterocycles. The fraction of sp³-hybridized carbons (Fsp3) is 0.235. The topological polar surface area (TPSA) is 46.1 Å². The van der Waals surface area contributed by atoms with Crippen LogP contribution in [0.1, 0.15) is 24.2 Å². The molecule has 4 heteroatoms. The molecule has 0 aliphatic heterocycles. The van der Waals surface area contributed by atoms with Gasteiger partial charge in [-0.1, -0.05) is 12.1 Å². The molecule has 1 amide bonds. The number of hydrogen-bond donors (Lipinski definition) is 0. The van der Waals surface area contributed by atoms with Gasteiger partial charge in [-0.3, -0.25) is 4.79 Å². The average molecular weight is 279 g/mol. The highest BCUT2D eigenvalue weighted by atomic mass is 16.2. The maximum absolute atomic E-state index is 12.4. The van der Waals surface area contributed by atoms with E-state index in [2.05, 4.69) is 9.97 Å². The van der Waals surface area contributed by atoms with Gasteiger partial charge in [-0.25, -0.2) is 9.97 Å². The van der Waals surface area contributed by atoms with E-state index >= 15 is 0 Å².